The zero-order valence-corrected chi connectivity index (χ0v) is 16.7. The zero-order chi connectivity index (χ0) is 20.3. The van der Waals surface area contributed by atoms with Crippen LogP contribution in [0.5, 0.6) is 5.75 Å². The number of fused-ring (bicyclic) bond motifs is 1. The van der Waals surface area contributed by atoms with Gasteiger partial charge in [-0.05, 0) is 31.2 Å². The molecule has 1 aliphatic carbocycles. The third-order valence-electron chi connectivity index (χ3n) is 5.77. The zero-order valence-electron chi connectivity index (χ0n) is 16.7. The smallest absolute Gasteiger partial charge is 0.278 e. The number of benzene rings is 1. The first kappa shape index (κ1) is 19.5. The first-order chi connectivity index (χ1) is 14.1. The summed E-state index contributed by atoms with van der Waals surface area (Å²) < 4.78 is 12.8. The summed E-state index contributed by atoms with van der Waals surface area (Å²) in [7, 11) is 1.63. The summed E-state index contributed by atoms with van der Waals surface area (Å²) in [6.45, 7) is 1.12. The number of amides is 1. The fourth-order valence-corrected chi connectivity index (χ4v) is 4.30. The molecule has 0 radical (unpaired) electrons. The number of nitrogens with zero attached hydrogens (tertiary/aromatic N) is 2. The van der Waals surface area contributed by atoms with Crippen LogP contribution in [0, 0.1) is 0 Å². The van der Waals surface area contributed by atoms with Crippen molar-refractivity contribution in [3.8, 4) is 5.75 Å². The highest BCUT2D eigenvalue weighted by Gasteiger charge is 2.46. The van der Waals surface area contributed by atoms with Crippen LogP contribution in [-0.2, 0) is 11.3 Å². The van der Waals surface area contributed by atoms with Crippen molar-refractivity contribution in [2.45, 2.75) is 44.4 Å². The number of carbonyl (C=O) groups is 1. The molecule has 154 valence electrons. The Morgan fingerprint density at radius 1 is 1.07 bits per heavy atom. The van der Waals surface area contributed by atoms with E-state index in [4.69, 9.17) is 9.47 Å². The van der Waals surface area contributed by atoms with E-state index >= 15 is 0 Å². The molecule has 1 spiro atoms. The molecular weight excluding hydrogens is 370 g/mol. The van der Waals surface area contributed by atoms with Gasteiger partial charge in [0.25, 0.3) is 5.91 Å². The van der Waals surface area contributed by atoms with Crippen molar-refractivity contribution in [2.24, 2.45) is 0 Å². The van der Waals surface area contributed by atoms with Gasteiger partial charge in [-0.25, -0.2) is 0 Å². The first-order valence-corrected chi connectivity index (χ1v) is 10.2. The minimum Gasteiger partial charge on any atom is -0.482 e. The molecule has 1 aliphatic heterocycles. The average molecular weight is 397 g/mol. The van der Waals surface area contributed by atoms with Crippen LogP contribution in [0.4, 0.5) is 0 Å². The second-order valence-corrected chi connectivity index (χ2v) is 7.66. The van der Waals surface area contributed by atoms with Gasteiger partial charge in [0.15, 0.2) is 11.4 Å². The molecule has 1 amide bonds. The fourth-order valence-electron chi connectivity index (χ4n) is 4.30. The van der Waals surface area contributed by atoms with Crippen LogP contribution in [0.15, 0.2) is 47.4 Å². The number of pyridine rings is 1. The summed E-state index contributed by atoms with van der Waals surface area (Å²) in [4.78, 5) is 28.0. The van der Waals surface area contributed by atoms with Gasteiger partial charge in [0, 0.05) is 25.9 Å². The van der Waals surface area contributed by atoms with E-state index in [0.29, 0.717) is 13.2 Å². The van der Waals surface area contributed by atoms with Crippen molar-refractivity contribution < 1.29 is 14.3 Å². The van der Waals surface area contributed by atoms with Gasteiger partial charge in [-0.3, -0.25) is 14.3 Å². The van der Waals surface area contributed by atoms with Crippen LogP contribution in [-0.4, -0.2) is 41.4 Å². The second kappa shape index (κ2) is 8.29. The molecule has 1 fully saturated rings. The quantitative estimate of drug-likeness (QED) is 0.811. The Morgan fingerprint density at radius 3 is 2.55 bits per heavy atom. The Morgan fingerprint density at radius 2 is 1.83 bits per heavy atom. The first-order valence-electron chi connectivity index (χ1n) is 10.2. The molecule has 29 heavy (non-hydrogen) atoms. The summed E-state index contributed by atoms with van der Waals surface area (Å²) in [6, 6.07) is 11.1. The van der Waals surface area contributed by atoms with E-state index in [-0.39, 0.29) is 29.4 Å². The molecule has 1 aromatic carbocycles. The summed E-state index contributed by atoms with van der Waals surface area (Å²) in [5.41, 5.74) is 3.95. The molecule has 2 aliphatic rings. The van der Waals surface area contributed by atoms with Gasteiger partial charge in [-0.2, -0.15) is 0 Å². The molecule has 0 saturated heterocycles. The molecule has 0 unspecified atom stereocenters. The number of hydrogen-bond donors (Lipinski definition) is 1. The molecule has 1 aromatic heterocycles. The third kappa shape index (κ3) is 3.74. The molecular formula is C22H27N3O4. The van der Waals surface area contributed by atoms with Crippen LogP contribution in [0.25, 0.3) is 0 Å². The summed E-state index contributed by atoms with van der Waals surface area (Å²) in [5.74, 6) is -0.106. The van der Waals surface area contributed by atoms with E-state index in [0.717, 1.165) is 37.7 Å². The van der Waals surface area contributed by atoms with Crippen LogP contribution in [0.3, 0.4) is 0 Å². The lowest BCUT2D eigenvalue weighted by Gasteiger charge is -2.51. The van der Waals surface area contributed by atoms with Crippen molar-refractivity contribution in [1.82, 2.24) is 9.58 Å². The number of hydrogen-bond acceptors (Lipinski definition) is 5. The van der Waals surface area contributed by atoms with Crippen LogP contribution >= 0.6 is 0 Å². The molecule has 1 N–H and O–H groups in total. The number of nitrogens with one attached hydrogen (secondary N) is 1. The SMILES string of the molecule is COCCN1C(=O)c2c(OCc3ccccc3)c(=O)ccn2NC12CCCCC2. The molecule has 7 nitrogen and oxygen atoms in total. The van der Waals surface area contributed by atoms with Crippen LogP contribution < -0.4 is 15.6 Å². The molecule has 1 saturated carbocycles. The van der Waals surface area contributed by atoms with Crippen molar-refractivity contribution in [3.63, 3.8) is 0 Å². The van der Waals surface area contributed by atoms with Gasteiger partial charge < -0.3 is 19.8 Å². The maximum absolute atomic E-state index is 13.6. The number of carbonyl (C=O) groups excluding carboxylic acids is 1. The van der Waals surface area contributed by atoms with Crippen LogP contribution in [0.2, 0.25) is 0 Å². The predicted octanol–water partition coefficient (Wildman–Crippen LogP) is 2.73. The number of rotatable bonds is 6. The van der Waals surface area contributed by atoms with Gasteiger partial charge >= 0.3 is 0 Å². The lowest BCUT2D eigenvalue weighted by molar-refractivity contribution is 0.0190. The Kier molecular flexibility index (Phi) is 5.58. The van der Waals surface area contributed by atoms with Crippen molar-refractivity contribution in [1.29, 1.82) is 0 Å². The molecule has 4 rings (SSSR count). The molecule has 2 aromatic rings. The number of ether oxygens (including phenoxy) is 2. The van der Waals surface area contributed by atoms with Gasteiger partial charge in [0.1, 0.15) is 12.3 Å². The molecule has 0 atom stereocenters. The number of methoxy groups -OCH3 is 1. The maximum atomic E-state index is 13.6. The van der Waals surface area contributed by atoms with Crippen molar-refractivity contribution in [2.75, 3.05) is 25.7 Å². The minimum atomic E-state index is -0.452. The highest BCUT2D eigenvalue weighted by molar-refractivity contribution is 5.97. The van der Waals surface area contributed by atoms with E-state index < -0.39 is 5.66 Å². The number of aromatic nitrogens is 1. The Hall–Kier alpha value is -2.80. The standard InChI is InChI=1S/C22H27N3O4/c1-28-15-14-24-21(27)19-20(29-16-17-8-4-2-5-9-17)18(26)10-13-25(19)23-22(24)11-6-3-7-12-22/h2,4-5,8-10,13,23H,3,6-7,11-12,14-16H2,1H3. The van der Waals surface area contributed by atoms with Gasteiger partial charge in [0.05, 0.1) is 6.61 Å². The van der Waals surface area contributed by atoms with Gasteiger partial charge in [-0.1, -0.05) is 36.8 Å². The van der Waals surface area contributed by atoms with E-state index in [1.54, 1.807) is 18.0 Å². The van der Waals surface area contributed by atoms with E-state index in [1.165, 1.54) is 6.07 Å². The Balaban J connectivity index is 1.70. The molecule has 0 bridgehead atoms. The highest BCUT2D eigenvalue weighted by Crippen LogP contribution is 2.37. The van der Waals surface area contributed by atoms with E-state index in [2.05, 4.69) is 5.43 Å². The van der Waals surface area contributed by atoms with E-state index in [1.807, 2.05) is 35.2 Å². The van der Waals surface area contributed by atoms with Crippen molar-refractivity contribution >= 4 is 5.91 Å². The van der Waals surface area contributed by atoms with Crippen molar-refractivity contribution in [3.05, 3.63) is 64.1 Å². The summed E-state index contributed by atoms with van der Waals surface area (Å²) >= 11 is 0. The predicted molar refractivity (Wildman–Crippen MR) is 110 cm³/mol. The lowest BCUT2D eigenvalue weighted by Crippen LogP contribution is -2.65. The van der Waals surface area contributed by atoms with E-state index in [9.17, 15) is 9.59 Å². The monoisotopic (exact) mass is 397 g/mol. The summed E-state index contributed by atoms with van der Waals surface area (Å²) in [6.07, 6.45) is 6.64. The fraction of sp³-hybridized carbons (Fsp3) is 0.455. The Labute approximate surface area is 170 Å². The Bertz CT molecular complexity index is 919. The summed E-state index contributed by atoms with van der Waals surface area (Å²) in [5, 5.41) is 0. The average Bonchev–Trinajstić information content (AvgIpc) is 2.75. The molecule has 2 heterocycles. The molecule has 7 heteroatoms. The maximum Gasteiger partial charge on any atom is 0.278 e. The van der Waals surface area contributed by atoms with Gasteiger partial charge in [-0.15, -0.1) is 0 Å². The third-order valence-corrected chi connectivity index (χ3v) is 5.77. The highest BCUT2D eigenvalue weighted by atomic mass is 16.5. The second-order valence-electron chi connectivity index (χ2n) is 7.66. The largest absolute Gasteiger partial charge is 0.482 e. The lowest BCUT2D eigenvalue weighted by atomic mass is 9.87. The topological polar surface area (TPSA) is 72.8 Å². The normalized spacial score (nSPS) is 17.7. The van der Waals surface area contributed by atoms with Crippen LogP contribution in [0.1, 0.15) is 48.2 Å². The minimum absolute atomic E-state index is 0.0851. The van der Waals surface area contributed by atoms with Gasteiger partial charge in [0.2, 0.25) is 5.43 Å².